The van der Waals surface area contributed by atoms with Crippen molar-refractivity contribution in [2.24, 2.45) is 7.05 Å². The molecule has 18 heavy (non-hydrogen) atoms. The maximum atomic E-state index is 11.7. The quantitative estimate of drug-likeness (QED) is 0.844. The highest BCUT2D eigenvalue weighted by molar-refractivity contribution is 6.32. The highest BCUT2D eigenvalue weighted by atomic mass is 35.5. The van der Waals surface area contributed by atoms with Gasteiger partial charge >= 0.3 is 0 Å². The second kappa shape index (κ2) is 4.55. The van der Waals surface area contributed by atoms with E-state index in [1.54, 1.807) is 13.2 Å². The van der Waals surface area contributed by atoms with E-state index in [1.807, 2.05) is 0 Å². The minimum atomic E-state index is -0.251. The molecule has 3 heterocycles. The summed E-state index contributed by atoms with van der Waals surface area (Å²) in [7, 11) is 1.60. The summed E-state index contributed by atoms with van der Waals surface area (Å²) in [6, 6.07) is 1.61. The fourth-order valence-corrected chi connectivity index (χ4v) is 3.23. The lowest BCUT2D eigenvalue weighted by Gasteiger charge is -2.30. The highest BCUT2D eigenvalue weighted by Crippen LogP contribution is 2.29. The van der Waals surface area contributed by atoms with Crippen LogP contribution in [-0.4, -0.2) is 27.9 Å². The molecule has 2 saturated heterocycles. The normalized spacial score (nSPS) is 30.4. The number of halogens is 1. The molecule has 0 spiro atoms. The fraction of sp³-hybridized carbons (Fsp3) is 0.667. The molecule has 0 aliphatic carbocycles. The van der Waals surface area contributed by atoms with E-state index < -0.39 is 0 Å². The van der Waals surface area contributed by atoms with E-state index in [0.717, 1.165) is 12.8 Å². The van der Waals surface area contributed by atoms with Gasteiger partial charge in [-0.05, 0) is 25.7 Å². The van der Waals surface area contributed by atoms with Crippen molar-refractivity contribution in [2.45, 2.75) is 43.8 Å². The number of piperidine rings is 1. The van der Waals surface area contributed by atoms with Gasteiger partial charge in [-0.2, -0.15) is 5.10 Å². The van der Waals surface area contributed by atoms with Crippen LogP contribution < -0.4 is 16.2 Å². The molecule has 2 fully saturated rings. The van der Waals surface area contributed by atoms with E-state index in [4.69, 9.17) is 11.6 Å². The molecule has 0 aromatic carbocycles. The zero-order valence-electron chi connectivity index (χ0n) is 10.3. The second-order valence-corrected chi connectivity index (χ2v) is 5.63. The summed E-state index contributed by atoms with van der Waals surface area (Å²) in [6.45, 7) is 0. The van der Waals surface area contributed by atoms with E-state index in [2.05, 4.69) is 15.7 Å². The lowest BCUT2D eigenvalue weighted by Crippen LogP contribution is -2.43. The Labute approximate surface area is 111 Å². The monoisotopic (exact) mass is 268 g/mol. The smallest absolute Gasteiger partial charge is 0.287 e. The minimum absolute atomic E-state index is 0.235. The van der Waals surface area contributed by atoms with Crippen LogP contribution in [0.4, 0.5) is 5.69 Å². The predicted molar refractivity (Wildman–Crippen MR) is 71.1 cm³/mol. The average molecular weight is 269 g/mol. The average Bonchev–Trinajstić information content (AvgIpc) is 2.70. The first-order valence-corrected chi connectivity index (χ1v) is 6.75. The summed E-state index contributed by atoms with van der Waals surface area (Å²) in [6.07, 6.45) is 6.31. The molecule has 0 saturated carbocycles. The molecular weight excluding hydrogens is 252 g/mol. The molecule has 0 amide bonds. The summed E-state index contributed by atoms with van der Waals surface area (Å²) < 4.78 is 1.25. The molecule has 3 rings (SSSR count). The van der Waals surface area contributed by atoms with E-state index in [-0.39, 0.29) is 10.6 Å². The van der Waals surface area contributed by atoms with Gasteiger partial charge < -0.3 is 10.6 Å². The van der Waals surface area contributed by atoms with Crippen molar-refractivity contribution >= 4 is 17.3 Å². The first-order chi connectivity index (χ1) is 8.63. The number of aryl methyl sites for hydroxylation is 1. The lowest BCUT2D eigenvalue weighted by molar-refractivity contribution is 0.378. The Morgan fingerprint density at radius 2 is 2.11 bits per heavy atom. The number of aromatic nitrogens is 2. The molecule has 5 nitrogen and oxygen atoms in total. The van der Waals surface area contributed by atoms with Crippen LogP contribution in [0.2, 0.25) is 5.02 Å². The fourth-order valence-electron chi connectivity index (χ4n) is 3.01. The summed E-state index contributed by atoms with van der Waals surface area (Å²) in [5, 5.41) is 11.2. The second-order valence-electron chi connectivity index (χ2n) is 5.25. The number of anilines is 1. The molecule has 2 N–H and O–H groups in total. The van der Waals surface area contributed by atoms with E-state index in [1.165, 1.54) is 17.5 Å². The van der Waals surface area contributed by atoms with Crippen molar-refractivity contribution in [3.05, 3.63) is 21.6 Å². The molecular formula is C12H17ClN4O. The van der Waals surface area contributed by atoms with Crippen molar-refractivity contribution in [2.75, 3.05) is 5.32 Å². The zero-order chi connectivity index (χ0) is 12.7. The van der Waals surface area contributed by atoms with Gasteiger partial charge in [0.15, 0.2) is 0 Å². The highest BCUT2D eigenvalue weighted by Gasteiger charge is 2.33. The molecule has 2 aliphatic heterocycles. The van der Waals surface area contributed by atoms with Gasteiger partial charge in [0.1, 0.15) is 5.02 Å². The third-order valence-electron chi connectivity index (χ3n) is 3.91. The number of rotatable bonds is 2. The Kier molecular flexibility index (Phi) is 3.03. The molecule has 6 heteroatoms. The van der Waals surface area contributed by atoms with Gasteiger partial charge in [0, 0.05) is 25.2 Å². The van der Waals surface area contributed by atoms with Crippen molar-refractivity contribution in [1.29, 1.82) is 0 Å². The molecule has 2 aliphatic rings. The van der Waals surface area contributed by atoms with Gasteiger partial charge in [0.2, 0.25) is 0 Å². The molecule has 2 unspecified atom stereocenters. The number of nitrogens with one attached hydrogen (secondary N) is 2. The molecule has 98 valence electrons. The zero-order valence-corrected chi connectivity index (χ0v) is 11.1. The standard InChI is InChI=1S/C12H17ClN4O/c1-17-12(18)11(13)10(6-14-17)16-9-4-7-2-3-8(5-9)15-7/h6-9,15-16H,2-5H2,1H3. The maximum Gasteiger partial charge on any atom is 0.287 e. The van der Waals surface area contributed by atoms with Crippen molar-refractivity contribution in [3.8, 4) is 0 Å². The van der Waals surface area contributed by atoms with E-state index in [0.29, 0.717) is 23.8 Å². The number of hydrogen-bond donors (Lipinski definition) is 2. The van der Waals surface area contributed by atoms with Crippen molar-refractivity contribution < 1.29 is 0 Å². The summed E-state index contributed by atoms with van der Waals surface area (Å²) >= 11 is 6.05. The first-order valence-electron chi connectivity index (χ1n) is 6.38. The Balaban J connectivity index is 1.77. The van der Waals surface area contributed by atoms with Crippen LogP contribution in [0.1, 0.15) is 25.7 Å². The largest absolute Gasteiger partial charge is 0.380 e. The van der Waals surface area contributed by atoms with Gasteiger partial charge in [0.05, 0.1) is 11.9 Å². The van der Waals surface area contributed by atoms with E-state index >= 15 is 0 Å². The van der Waals surface area contributed by atoms with Crippen LogP contribution in [-0.2, 0) is 7.05 Å². The van der Waals surface area contributed by atoms with Crippen LogP contribution in [0.25, 0.3) is 0 Å². The Bertz CT molecular complexity index is 503. The third-order valence-corrected chi connectivity index (χ3v) is 4.28. The van der Waals surface area contributed by atoms with Crippen molar-refractivity contribution in [3.63, 3.8) is 0 Å². The van der Waals surface area contributed by atoms with Gasteiger partial charge in [-0.1, -0.05) is 11.6 Å². The third kappa shape index (κ3) is 2.12. The van der Waals surface area contributed by atoms with Gasteiger partial charge in [-0.15, -0.1) is 0 Å². The Morgan fingerprint density at radius 1 is 1.44 bits per heavy atom. The summed E-state index contributed by atoms with van der Waals surface area (Å²) in [5.41, 5.74) is 0.407. The van der Waals surface area contributed by atoms with Crippen LogP contribution in [0.15, 0.2) is 11.0 Å². The number of hydrogen-bond acceptors (Lipinski definition) is 4. The molecule has 1 aromatic heterocycles. The Hall–Kier alpha value is -1.07. The van der Waals surface area contributed by atoms with Crippen LogP contribution >= 0.6 is 11.6 Å². The predicted octanol–water partition coefficient (Wildman–Crippen LogP) is 1.13. The number of nitrogens with zero attached hydrogens (tertiary/aromatic N) is 2. The lowest BCUT2D eigenvalue weighted by atomic mass is 10.00. The van der Waals surface area contributed by atoms with Gasteiger partial charge in [0.25, 0.3) is 5.56 Å². The topological polar surface area (TPSA) is 59.0 Å². The van der Waals surface area contributed by atoms with E-state index in [9.17, 15) is 4.79 Å². The van der Waals surface area contributed by atoms with Crippen molar-refractivity contribution in [1.82, 2.24) is 15.1 Å². The summed E-state index contributed by atoms with van der Waals surface area (Å²) in [4.78, 5) is 11.7. The molecule has 2 atom stereocenters. The molecule has 1 aromatic rings. The maximum absolute atomic E-state index is 11.7. The number of fused-ring (bicyclic) bond motifs is 2. The molecule has 2 bridgehead atoms. The summed E-state index contributed by atoms with van der Waals surface area (Å²) in [5.74, 6) is 0. The minimum Gasteiger partial charge on any atom is -0.380 e. The van der Waals surface area contributed by atoms with Gasteiger partial charge in [-0.3, -0.25) is 4.79 Å². The van der Waals surface area contributed by atoms with Gasteiger partial charge in [-0.25, -0.2) is 4.68 Å². The van der Waals surface area contributed by atoms with Crippen LogP contribution in [0, 0.1) is 0 Å². The Morgan fingerprint density at radius 3 is 2.78 bits per heavy atom. The van der Waals surface area contributed by atoms with Crippen LogP contribution in [0.3, 0.4) is 0 Å². The van der Waals surface area contributed by atoms with Crippen LogP contribution in [0.5, 0.6) is 0 Å². The first kappa shape index (κ1) is 12.0. The SMILES string of the molecule is Cn1ncc(NC2CC3CCC(C2)N3)c(Cl)c1=O. The molecule has 0 radical (unpaired) electrons.